The molecule has 2 N–H and O–H groups in total. The van der Waals surface area contributed by atoms with Gasteiger partial charge in [0.2, 0.25) is 0 Å². The molecule has 1 aromatic heterocycles. The third-order valence-corrected chi connectivity index (χ3v) is 3.16. The smallest absolute Gasteiger partial charge is 0.138 e. The zero-order chi connectivity index (χ0) is 9.53. The molecule has 1 atom stereocenters. The Morgan fingerprint density at radius 1 is 1.54 bits per heavy atom. The van der Waals surface area contributed by atoms with Crippen molar-refractivity contribution in [3.63, 3.8) is 0 Å². The number of nitrogens with zero attached hydrogens (tertiary/aromatic N) is 4. The lowest BCUT2D eigenvalue weighted by atomic mass is 10.0. The Labute approximate surface area is 77.3 Å². The van der Waals surface area contributed by atoms with Gasteiger partial charge in [-0.1, -0.05) is 13.8 Å². The van der Waals surface area contributed by atoms with E-state index in [2.05, 4.69) is 29.4 Å². The molecule has 0 spiro atoms. The number of rotatable bonds is 3. The van der Waals surface area contributed by atoms with Gasteiger partial charge in [-0.25, -0.2) is 4.68 Å². The Bertz CT molecular complexity index is 291. The highest BCUT2D eigenvalue weighted by molar-refractivity contribution is 5.14. The second kappa shape index (κ2) is 2.51. The average molecular weight is 181 g/mol. The monoisotopic (exact) mass is 181 g/mol. The molecule has 0 amide bonds. The van der Waals surface area contributed by atoms with Gasteiger partial charge in [0.05, 0.1) is 0 Å². The summed E-state index contributed by atoms with van der Waals surface area (Å²) in [6, 6.07) is 0. The van der Waals surface area contributed by atoms with E-state index in [0.717, 1.165) is 19.4 Å². The number of aryl methyl sites for hydroxylation is 1. The first kappa shape index (κ1) is 8.62. The van der Waals surface area contributed by atoms with Crippen LogP contribution in [-0.2, 0) is 6.54 Å². The average Bonchev–Trinajstić information content (AvgIpc) is 2.53. The lowest BCUT2D eigenvalue weighted by Gasteiger charge is -2.13. The number of nitrogens with two attached hydrogens (primary N) is 1. The highest BCUT2D eigenvalue weighted by atomic mass is 15.5. The van der Waals surface area contributed by atoms with Crippen molar-refractivity contribution < 1.29 is 0 Å². The SMILES string of the molecule is CC1(C)CC1(N)CCn1cnnn1. The van der Waals surface area contributed by atoms with Crippen LogP contribution < -0.4 is 5.73 Å². The van der Waals surface area contributed by atoms with Crippen LogP contribution in [0.25, 0.3) is 0 Å². The minimum atomic E-state index is -0.00104. The van der Waals surface area contributed by atoms with Crippen LogP contribution in [0.5, 0.6) is 0 Å². The molecular formula is C8H15N5. The molecule has 1 aromatic rings. The lowest BCUT2D eigenvalue weighted by Crippen LogP contribution is -2.29. The summed E-state index contributed by atoms with van der Waals surface area (Å²) in [5, 5.41) is 10.9. The molecule has 5 nitrogen and oxygen atoms in total. The fourth-order valence-electron chi connectivity index (χ4n) is 1.77. The van der Waals surface area contributed by atoms with Gasteiger partial charge in [0.1, 0.15) is 6.33 Å². The molecule has 1 heterocycles. The maximum Gasteiger partial charge on any atom is 0.138 e. The summed E-state index contributed by atoms with van der Waals surface area (Å²) in [7, 11) is 0. The van der Waals surface area contributed by atoms with Gasteiger partial charge >= 0.3 is 0 Å². The topological polar surface area (TPSA) is 69.6 Å². The van der Waals surface area contributed by atoms with E-state index < -0.39 is 0 Å². The van der Waals surface area contributed by atoms with E-state index in [4.69, 9.17) is 5.73 Å². The summed E-state index contributed by atoms with van der Waals surface area (Å²) in [6.07, 6.45) is 3.67. The zero-order valence-corrected chi connectivity index (χ0v) is 8.06. The van der Waals surface area contributed by atoms with Crippen molar-refractivity contribution in [2.75, 3.05) is 0 Å². The summed E-state index contributed by atoms with van der Waals surface area (Å²) in [6.45, 7) is 5.21. The van der Waals surface area contributed by atoms with Gasteiger partial charge in [0.25, 0.3) is 0 Å². The van der Waals surface area contributed by atoms with Crippen LogP contribution in [0.2, 0.25) is 0 Å². The molecule has 1 saturated carbocycles. The number of aromatic nitrogens is 4. The lowest BCUT2D eigenvalue weighted by molar-refractivity contribution is 0.418. The van der Waals surface area contributed by atoms with E-state index in [-0.39, 0.29) is 5.54 Å². The molecule has 1 aliphatic rings. The summed E-state index contributed by atoms with van der Waals surface area (Å²) >= 11 is 0. The number of hydrogen-bond acceptors (Lipinski definition) is 4. The summed E-state index contributed by atoms with van der Waals surface area (Å²) < 4.78 is 1.73. The van der Waals surface area contributed by atoms with Crippen LogP contribution in [0.3, 0.4) is 0 Å². The van der Waals surface area contributed by atoms with Crippen molar-refractivity contribution in [2.45, 2.75) is 38.8 Å². The first-order chi connectivity index (χ1) is 6.04. The molecule has 0 radical (unpaired) electrons. The third kappa shape index (κ3) is 1.44. The Morgan fingerprint density at radius 3 is 2.69 bits per heavy atom. The van der Waals surface area contributed by atoms with Gasteiger partial charge in [0, 0.05) is 12.1 Å². The van der Waals surface area contributed by atoms with Gasteiger partial charge < -0.3 is 5.73 Å². The predicted octanol–water partition coefficient (Wildman–Crippen LogP) is 0.191. The molecular weight excluding hydrogens is 166 g/mol. The highest BCUT2D eigenvalue weighted by Crippen LogP contribution is 2.55. The molecule has 1 unspecified atom stereocenters. The molecule has 0 aliphatic heterocycles. The summed E-state index contributed by atoms with van der Waals surface area (Å²) in [5.41, 5.74) is 6.45. The molecule has 5 heteroatoms. The van der Waals surface area contributed by atoms with Crippen LogP contribution in [0, 0.1) is 5.41 Å². The first-order valence-corrected chi connectivity index (χ1v) is 4.53. The van der Waals surface area contributed by atoms with Crippen molar-refractivity contribution in [3.05, 3.63) is 6.33 Å². The summed E-state index contributed by atoms with van der Waals surface area (Å²) in [5.74, 6) is 0. The largest absolute Gasteiger partial charge is 0.325 e. The Balaban J connectivity index is 1.88. The standard InChI is InChI=1S/C8H15N5/c1-7(2)5-8(7,9)3-4-13-6-10-11-12-13/h6H,3-5,9H2,1-2H3. The maximum atomic E-state index is 6.16. The van der Waals surface area contributed by atoms with E-state index in [1.54, 1.807) is 11.0 Å². The second-order valence-corrected chi connectivity index (χ2v) is 4.54. The van der Waals surface area contributed by atoms with Gasteiger partial charge in [-0.2, -0.15) is 0 Å². The Kier molecular flexibility index (Phi) is 1.66. The van der Waals surface area contributed by atoms with E-state index in [1.807, 2.05) is 0 Å². The zero-order valence-electron chi connectivity index (χ0n) is 8.06. The van der Waals surface area contributed by atoms with Crippen LogP contribution >= 0.6 is 0 Å². The van der Waals surface area contributed by atoms with Gasteiger partial charge in [-0.05, 0) is 28.7 Å². The fourth-order valence-corrected chi connectivity index (χ4v) is 1.77. The van der Waals surface area contributed by atoms with Crippen molar-refractivity contribution in [3.8, 4) is 0 Å². The molecule has 13 heavy (non-hydrogen) atoms. The number of hydrogen-bond donors (Lipinski definition) is 1. The normalized spacial score (nSPS) is 30.4. The molecule has 0 aromatic carbocycles. The van der Waals surface area contributed by atoms with Crippen LogP contribution in [0.15, 0.2) is 6.33 Å². The number of tetrazole rings is 1. The Hall–Kier alpha value is -0.970. The van der Waals surface area contributed by atoms with Crippen molar-refractivity contribution >= 4 is 0 Å². The van der Waals surface area contributed by atoms with Crippen molar-refractivity contribution in [1.29, 1.82) is 0 Å². The van der Waals surface area contributed by atoms with Gasteiger partial charge in [-0.15, -0.1) is 5.10 Å². The van der Waals surface area contributed by atoms with Crippen LogP contribution in [0.4, 0.5) is 0 Å². The van der Waals surface area contributed by atoms with E-state index in [9.17, 15) is 0 Å². The fraction of sp³-hybridized carbons (Fsp3) is 0.875. The van der Waals surface area contributed by atoms with E-state index in [0.29, 0.717) is 5.41 Å². The quantitative estimate of drug-likeness (QED) is 0.722. The van der Waals surface area contributed by atoms with E-state index in [1.165, 1.54) is 0 Å². The molecule has 2 rings (SSSR count). The third-order valence-electron chi connectivity index (χ3n) is 3.16. The van der Waals surface area contributed by atoms with E-state index >= 15 is 0 Å². The minimum absolute atomic E-state index is 0.00104. The maximum absolute atomic E-state index is 6.16. The minimum Gasteiger partial charge on any atom is -0.325 e. The molecule has 72 valence electrons. The molecule has 1 aliphatic carbocycles. The Morgan fingerprint density at radius 2 is 2.23 bits per heavy atom. The molecule has 0 saturated heterocycles. The van der Waals surface area contributed by atoms with Gasteiger partial charge in [-0.3, -0.25) is 0 Å². The van der Waals surface area contributed by atoms with Crippen molar-refractivity contribution in [1.82, 2.24) is 20.2 Å². The highest BCUT2D eigenvalue weighted by Gasteiger charge is 2.57. The summed E-state index contributed by atoms with van der Waals surface area (Å²) in [4.78, 5) is 0. The predicted molar refractivity (Wildman–Crippen MR) is 47.8 cm³/mol. The van der Waals surface area contributed by atoms with Crippen LogP contribution in [-0.4, -0.2) is 25.7 Å². The van der Waals surface area contributed by atoms with Crippen molar-refractivity contribution in [2.24, 2.45) is 11.1 Å². The second-order valence-electron chi connectivity index (χ2n) is 4.54. The van der Waals surface area contributed by atoms with Gasteiger partial charge in [0.15, 0.2) is 0 Å². The molecule has 1 fully saturated rings. The molecule has 0 bridgehead atoms. The van der Waals surface area contributed by atoms with Crippen LogP contribution in [0.1, 0.15) is 26.7 Å². The first-order valence-electron chi connectivity index (χ1n) is 4.53.